The maximum absolute atomic E-state index is 13.2. The monoisotopic (exact) mass is 636 g/mol. The number of hydrazine groups is 1. The van der Waals surface area contributed by atoms with E-state index < -0.39 is 0 Å². The third kappa shape index (κ3) is 8.72. The molecule has 1 fully saturated rings. The molecule has 3 heterocycles. The van der Waals surface area contributed by atoms with Crippen LogP contribution in [0.2, 0.25) is 10.0 Å². The molecule has 1 aromatic carbocycles. The zero-order chi connectivity index (χ0) is 30.1. The number of ether oxygens (including phenoxy) is 1. The number of fused-ring (bicyclic) bond motifs is 1. The van der Waals surface area contributed by atoms with E-state index in [9.17, 15) is 4.79 Å². The van der Waals surface area contributed by atoms with Gasteiger partial charge in [0.25, 0.3) is 0 Å². The minimum Gasteiger partial charge on any atom is -0.379 e. The number of amides is 2. The van der Waals surface area contributed by atoms with Crippen LogP contribution in [0.15, 0.2) is 29.3 Å². The molecule has 13 heteroatoms. The number of aromatic nitrogens is 1. The number of hydrogen-bond donors (Lipinski definition) is 3. The maximum atomic E-state index is 13.2. The highest BCUT2D eigenvalue weighted by Crippen LogP contribution is 2.42. The highest BCUT2D eigenvalue weighted by molar-refractivity contribution is 7.82. The Bertz CT molecular complexity index is 1210. The normalized spacial score (nSPS) is 16.0. The Morgan fingerprint density at radius 3 is 2.60 bits per heavy atom. The van der Waals surface area contributed by atoms with Crippen molar-refractivity contribution in [1.82, 2.24) is 30.5 Å². The van der Waals surface area contributed by atoms with Crippen LogP contribution >= 0.6 is 36.0 Å². The van der Waals surface area contributed by atoms with Crippen LogP contribution < -0.4 is 15.0 Å². The Labute approximate surface area is 264 Å². The number of hydrogen-bond acceptors (Lipinski definition) is 9. The standard InChI is InChI=1S/C29H42Cl2N8O2S/c1-4-36(5-2)13-10-21(3)35-38-19-22-18-23(26-24(30)8-6-9-25(26)31)28(34-27(22)33-20-38)39(42)29(40)32-11-7-12-37-14-16-41-17-15-37/h6,8-9,18,20-21,35,42H,4-5,7,10-17,19H2,1-3H3,(H,32,40). The van der Waals surface area contributed by atoms with E-state index in [1.807, 2.05) is 11.1 Å². The average Bonchev–Trinajstić information content (AvgIpc) is 2.99. The molecule has 2 aliphatic heterocycles. The van der Waals surface area contributed by atoms with Gasteiger partial charge in [-0.2, -0.15) is 0 Å². The van der Waals surface area contributed by atoms with Crippen LogP contribution in [-0.2, 0) is 11.3 Å². The van der Waals surface area contributed by atoms with Gasteiger partial charge in [0.2, 0.25) is 0 Å². The molecule has 0 aliphatic carbocycles. The Hall–Kier alpha value is -2.12. The molecule has 1 unspecified atom stereocenters. The van der Waals surface area contributed by atoms with Crippen molar-refractivity contribution >= 4 is 60.0 Å². The first-order chi connectivity index (χ1) is 20.3. The molecule has 0 spiro atoms. The Morgan fingerprint density at radius 2 is 1.90 bits per heavy atom. The van der Waals surface area contributed by atoms with Crippen molar-refractivity contribution in [3.05, 3.63) is 39.9 Å². The minimum atomic E-state index is -0.387. The number of benzene rings is 1. The van der Waals surface area contributed by atoms with Gasteiger partial charge in [0, 0.05) is 42.4 Å². The summed E-state index contributed by atoms with van der Waals surface area (Å²) >= 11 is 17.8. The number of aliphatic imine (C=N–C) groups is 1. The summed E-state index contributed by atoms with van der Waals surface area (Å²) < 4.78 is 6.61. The summed E-state index contributed by atoms with van der Waals surface area (Å²) in [5.74, 6) is 0.828. The van der Waals surface area contributed by atoms with Gasteiger partial charge in [0.15, 0.2) is 11.6 Å². The summed E-state index contributed by atoms with van der Waals surface area (Å²) in [5, 5.41) is 5.83. The minimum absolute atomic E-state index is 0.253. The molecule has 2 amide bonds. The van der Waals surface area contributed by atoms with Gasteiger partial charge in [-0.3, -0.25) is 9.91 Å². The van der Waals surface area contributed by atoms with Crippen LogP contribution in [0, 0.1) is 0 Å². The summed E-state index contributed by atoms with van der Waals surface area (Å²) in [5.41, 5.74) is 5.60. The van der Waals surface area contributed by atoms with Crippen LogP contribution in [0.4, 0.5) is 16.4 Å². The number of carbonyl (C=O) groups excluding carboxylic acids is 1. The topological polar surface area (TPSA) is 88.6 Å². The molecule has 0 radical (unpaired) electrons. The van der Waals surface area contributed by atoms with Gasteiger partial charge in [0.05, 0.1) is 29.8 Å². The molecule has 1 atom stereocenters. The van der Waals surface area contributed by atoms with Crippen LogP contribution in [0.5, 0.6) is 0 Å². The molecule has 4 rings (SSSR count). The first-order valence-corrected chi connectivity index (χ1v) is 15.8. The van der Waals surface area contributed by atoms with Crippen LogP contribution in [0.1, 0.15) is 39.2 Å². The zero-order valence-electron chi connectivity index (χ0n) is 24.7. The summed E-state index contributed by atoms with van der Waals surface area (Å²) in [6, 6.07) is 7.14. The molecule has 10 nitrogen and oxygen atoms in total. The largest absolute Gasteiger partial charge is 0.379 e. The van der Waals surface area contributed by atoms with Gasteiger partial charge in [-0.25, -0.2) is 24.5 Å². The molecular formula is C29H42Cl2N8O2S. The third-order valence-electron chi connectivity index (χ3n) is 7.53. The second-order valence-corrected chi connectivity index (χ2v) is 11.7. The number of rotatable bonds is 13. The number of urea groups is 1. The van der Waals surface area contributed by atoms with Gasteiger partial charge < -0.3 is 15.0 Å². The van der Waals surface area contributed by atoms with E-state index in [4.69, 9.17) is 32.9 Å². The van der Waals surface area contributed by atoms with E-state index in [2.05, 4.69) is 59.1 Å². The van der Waals surface area contributed by atoms with Crippen LogP contribution in [0.3, 0.4) is 0 Å². The molecule has 42 heavy (non-hydrogen) atoms. The van der Waals surface area contributed by atoms with Crippen molar-refractivity contribution in [2.45, 2.75) is 46.2 Å². The van der Waals surface area contributed by atoms with Crippen molar-refractivity contribution in [2.24, 2.45) is 4.99 Å². The van der Waals surface area contributed by atoms with Crippen molar-refractivity contribution in [2.75, 3.05) is 63.3 Å². The highest BCUT2D eigenvalue weighted by atomic mass is 35.5. The number of nitrogens with zero attached hydrogens (tertiary/aromatic N) is 6. The van der Waals surface area contributed by atoms with Crippen molar-refractivity contribution < 1.29 is 9.53 Å². The quantitative estimate of drug-likeness (QED) is 0.205. The smallest absolute Gasteiger partial charge is 0.333 e. The predicted octanol–water partition coefficient (Wildman–Crippen LogP) is 5.24. The summed E-state index contributed by atoms with van der Waals surface area (Å²) in [7, 11) is 0. The van der Waals surface area contributed by atoms with E-state index in [1.54, 1.807) is 24.5 Å². The predicted molar refractivity (Wildman–Crippen MR) is 175 cm³/mol. The van der Waals surface area contributed by atoms with E-state index in [0.29, 0.717) is 45.9 Å². The number of thiol groups is 1. The molecule has 2 aromatic rings. The first kappa shape index (κ1) is 32.8. The third-order valence-corrected chi connectivity index (χ3v) is 8.53. The van der Waals surface area contributed by atoms with Crippen molar-refractivity contribution in [3.63, 3.8) is 0 Å². The fourth-order valence-electron chi connectivity index (χ4n) is 5.05. The van der Waals surface area contributed by atoms with E-state index in [0.717, 1.165) is 70.9 Å². The lowest BCUT2D eigenvalue weighted by molar-refractivity contribution is 0.0375. The fraction of sp³-hybridized carbons (Fsp3) is 0.552. The molecule has 0 bridgehead atoms. The van der Waals surface area contributed by atoms with E-state index in [-0.39, 0.29) is 12.1 Å². The first-order valence-electron chi connectivity index (χ1n) is 14.6. The molecule has 0 saturated carbocycles. The molecule has 230 valence electrons. The van der Waals surface area contributed by atoms with Crippen molar-refractivity contribution in [1.29, 1.82) is 0 Å². The Kier molecular flexibility index (Phi) is 12.6. The fourth-order valence-corrected chi connectivity index (χ4v) is 5.87. The lowest BCUT2D eigenvalue weighted by atomic mass is 10.0. The van der Waals surface area contributed by atoms with Crippen LogP contribution in [0.25, 0.3) is 11.1 Å². The summed E-state index contributed by atoms with van der Waals surface area (Å²) in [4.78, 5) is 27.3. The Morgan fingerprint density at radius 1 is 1.19 bits per heavy atom. The number of morpholine rings is 1. The van der Waals surface area contributed by atoms with Gasteiger partial charge in [-0.05, 0) is 64.1 Å². The lowest BCUT2D eigenvalue weighted by Crippen LogP contribution is -2.44. The lowest BCUT2D eigenvalue weighted by Gasteiger charge is -2.30. The van der Waals surface area contributed by atoms with Gasteiger partial charge in [-0.15, -0.1) is 0 Å². The molecular weight excluding hydrogens is 595 g/mol. The number of nitrogens with one attached hydrogen (secondary N) is 2. The second-order valence-electron chi connectivity index (χ2n) is 10.5. The average molecular weight is 638 g/mol. The van der Waals surface area contributed by atoms with Gasteiger partial charge >= 0.3 is 6.03 Å². The van der Waals surface area contributed by atoms with Gasteiger partial charge in [-0.1, -0.05) is 55.9 Å². The number of pyridine rings is 1. The van der Waals surface area contributed by atoms with Gasteiger partial charge in [0.1, 0.15) is 6.34 Å². The zero-order valence-corrected chi connectivity index (χ0v) is 27.1. The number of halogens is 2. The summed E-state index contributed by atoms with van der Waals surface area (Å²) in [6.07, 6.45) is 3.56. The Balaban J connectivity index is 1.50. The maximum Gasteiger partial charge on any atom is 0.333 e. The second kappa shape index (κ2) is 16.1. The molecule has 2 N–H and O–H groups in total. The molecule has 1 saturated heterocycles. The summed E-state index contributed by atoms with van der Waals surface area (Å²) in [6.45, 7) is 14.9. The van der Waals surface area contributed by atoms with Crippen LogP contribution in [-0.4, -0.2) is 97.2 Å². The van der Waals surface area contributed by atoms with Crippen molar-refractivity contribution in [3.8, 4) is 11.1 Å². The number of anilines is 1. The molecule has 2 aliphatic rings. The SMILES string of the molecule is CCN(CC)CCC(C)NN1C=Nc2nc(N(S)C(=O)NCCCN3CCOCC3)c(-c3c(Cl)cccc3Cl)cc2C1. The molecule has 1 aromatic heterocycles. The number of carbonyl (C=O) groups is 1. The highest BCUT2D eigenvalue weighted by Gasteiger charge is 2.26. The van der Waals surface area contributed by atoms with E-state index >= 15 is 0 Å². The van der Waals surface area contributed by atoms with E-state index in [1.165, 1.54) is 4.31 Å².